The summed E-state index contributed by atoms with van der Waals surface area (Å²) in [5.41, 5.74) is 0.565. The van der Waals surface area contributed by atoms with Crippen molar-refractivity contribution in [2.24, 2.45) is 29.1 Å². The van der Waals surface area contributed by atoms with Crippen molar-refractivity contribution in [2.75, 3.05) is 0 Å². The first kappa shape index (κ1) is 16.8. The topological polar surface area (TPSA) is 79.3 Å². The third-order valence-electron chi connectivity index (χ3n) is 6.96. The lowest BCUT2D eigenvalue weighted by Gasteiger charge is -2.61. The van der Waals surface area contributed by atoms with E-state index in [1.807, 2.05) is 6.92 Å². The van der Waals surface area contributed by atoms with Crippen molar-refractivity contribution in [2.45, 2.75) is 45.6 Å². The van der Waals surface area contributed by atoms with Gasteiger partial charge in [-0.25, -0.2) is 4.98 Å². The van der Waals surface area contributed by atoms with E-state index in [0.717, 1.165) is 25.0 Å². The molecule has 4 saturated carbocycles. The molecule has 0 aromatic carbocycles. The van der Waals surface area contributed by atoms with Crippen LogP contribution < -0.4 is 5.32 Å². The predicted molar refractivity (Wildman–Crippen MR) is 93.4 cm³/mol. The molecule has 4 fully saturated rings. The van der Waals surface area contributed by atoms with Crippen LogP contribution in [-0.4, -0.2) is 28.0 Å². The average Bonchev–Trinajstić information content (AvgIpc) is 2.54. The van der Waals surface area contributed by atoms with E-state index in [0.29, 0.717) is 17.9 Å². The van der Waals surface area contributed by atoms with Gasteiger partial charge in [0.2, 0.25) is 0 Å². The fourth-order valence-corrected chi connectivity index (χ4v) is 6.09. The average molecular weight is 363 g/mol. The third kappa shape index (κ3) is 2.47. The van der Waals surface area contributed by atoms with Crippen molar-refractivity contribution in [3.8, 4) is 0 Å². The van der Waals surface area contributed by atoms with Gasteiger partial charge in [0.05, 0.1) is 11.0 Å². The molecule has 0 spiro atoms. The highest BCUT2D eigenvalue weighted by molar-refractivity contribution is 6.32. The summed E-state index contributed by atoms with van der Waals surface area (Å²) in [6, 6.07) is 3.52. The molecular formula is C19H23ClN2O3. The number of carbonyl (C=O) groups excluding carboxylic acids is 1. The van der Waals surface area contributed by atoms with Crippen LogP contribution >= 0.6 is 11.6 Å². The lowest BCUT2D eigenvalue weighted by Crippen LogP contribution is -2.64. The molecule has 1 aromatic rings. The molecule has 2 N–H and O–H groups in total. The van der Waals surface area contributed by atoms with Crippen LogP contribution in [0.25, 0.3) is 0 Å². The summed E-state index contributed by atoms with van der Waals surface area (Å²) in [4.78, 5) is 28.9. The summed E-state index contributed by atoms with van der Waals surface area (Å²) in [6.45, 7) is 3.88. The highest BCUT2D eigenvalue weighted by Crippen LogP contribution is 2.62. The van der Waals surface area contributed by atoms with Crippen LogP contribution in [0, 0.1) is 36.0 Å². The van der Waals surface area contributed by atoms with Gasteiger partial charge in [0.1, 0.15) is 5.15 Å². The van der Waals surface area contributed by atoms with Crippen LogP contribution in [0.15, 0.2) is 12.1 Å². The molecule has 1 heterocycles. The number of nitrogens with zero attached hydrogens (tertiary/aromatic N) is 1. The molecule has 1 amide bonds. The van der Waals surface area contributed by atoms with Gasteiger partial charge in [-0.3, -0.25) is 9.59 Å². The van der Waals surface area contributed by atoms with Crippen LogP contribution in [0.3, 0.4) is 0 Å². The van der Waals surface area contributed by atoms with Gasteiger partial charge in [0.15, 0.2) is 0 Å². The number of carboxylic acid groups (broad SMARTS) is 1. The Labute approximate surface area is 152 Å². The first-order valence-corrected chi connectivity index (χ1v) is 9.37. The quantitative estimate of drug-likeness (QED) is 0.808. The zero-order valence-corrected chi connectivity index (χ0v) is 15.2. The van der Waals surface area contributed by atoms with E-state index in [9.17, 15) is 14.7 Å². The van der Waals surface area contributed by atoms with Crippen LogP contribution in [0.5, 0.6) is 0 Å². The number of carbonyl (C=O) groups is 2. The fourth-order valence-electron chi connectivity index (χ4n) is 5.81. The Balaban J connectivity index is 1.58. The van der Waals surface area contributed by atoms with E-state index in [-0.39, 0.29) is 34.9 Å². The first-order chi connectivity index (χ1) is 11.8. The van der Waals surface area contributed by atoms with Crippen molar-refractivity contribution in [3.63, 3.8) is 0 Å². The summed E-state index contributed by atoms with van der Waals surface area (Å²) < 4.78 is 0. The lowest BCUT2D eigenvalue weighted by molar-refractivity contribution is -0.179. The van der Waals surface area contributed by atoms with Gasteiger partial charge < -0.3 is 10.4 Å². The van der Waals surface area contributed by atoms with Crippen LogP contribution in [0.4, 0.5) is 0 Å². The highest BCUT2D eigenvalue weighted by Gasteiger charge is 2.62. The Bertz CT molecular complexity index is 752. The maximum absolute atomic E-state index is 12.7. The smallest absolute Gasteiger partial charge is 0.309 e. The molecule has 4 unspecified atom stereocenters. The second-order valence-corrected chi connectivity index (χ2v) is 8.57. The Morgan fingerprint density at radius 3 is 2.76 bits per heavy atom. The monoisotopic (exact) mass is 362 g/mol. The number of halogens is 1. The summed E-state index contributed by atoms with van der Waals surface area (Å²) in [5, 5.41) is 13.2. The minimum Gasteiger partial charge on any atom is -0.481 e. The highest BCUT2D eigenvalue weighted by atomic mass is 35.5. The molecule has 1 aromatic heterocycles. The number of aromatic nitrogens is 1. The fraction of sp³-hybridized carbons (Fsp3) is 0.632. The zero-order chi connectivity index (χ0) is 17.9. The van der Waals surface area contributed by atoms with Gasteiger partial charge in [-0.15, -0.1) is 0 Å². The lowest BCUT2D eigenvalue weighted by atomic mass is 9.44. The van der Waals surface area contributed by atoms with Crippen molar-refractivity contribution in [1.29, 1.82) is 0 Å². The van der Waals surface area contributed by atoms with E-state index in [4.69, 9.17) is 11.6 Å². The third-order valence-corrected chi connectivity index (χ3v) is 7.25. The number of aryl methyl sites for hydroxylation is 1. The van der Waals surface area contributed by atoms with Crippen LogP contribution in [0.1, 0.15) is 48.7 Å². The molecule has 6 atom stereocenters. The van der Waals surface area contributed by atoms with E-state index in [2.05, 4.69) is 17.2 Å². The van der Waals surface area contributed by atoms with Gasteiger partial charge in [0, 0.05) is 11.7 Å². The number of carboxylic acids is 1. The van der Waals surface area contributed by atoms with Gasteiger partial charge in [-0.05, 0) is 68.4 Å². The van der Waals surface area contributed by atoms with Gasteiger partial charge in [0.25, 0.3) is 5.91 Å². The molecule has 4 aliphatic carbocycles. The first-order valence-electron chi connectivity index (χ1n) is 8.99. The number of aliphatic carboxylic acids is 1. The molecular weight excluding hydrogens is 340 g/mol. The molecule has 25 heavy (non-hydrogen) atoms. The number of nitrogens with one attached hydrogen (secondary N) is 1. The van der Waals surface area contributed by atoms with E-state index < -0.39 is 11.4 Å². The van der Waals surface area contributed by atoms with Gasteiger partial charge in [-0.2, -0.15) is 0 Å². The minimum absolute atomic E-state index is 0.0314. The Morgan fingerprint density at radius 2 is 2.08 bits per heavy atom. The molecule has 5 nitrogen and oxygen atoms in total. The number of hydrogen-bond donors (Lipinski definition) is 2. The second kappa shape index (κ2) is 5.70. The Morgan fingerprint density at radius 1 is 1.32 bits per heavy atom. The van der Waals surface area contributed by atoms with Crippen molar-refractivity contribution >= 4 is 23.5 Å². The van der Waals surface area contributed by atoms with Crippen molar-refractivity contribution in [3.05, 3.63) is 28.5 Å². The Hall–Kier alpha value is -1.62. The van der Waals surface area contributed by atoms with Crippen LogP contribution in [0.2, 0.25) is 5.15 Å². The molecule has 6 heteroatoms. The molecule has 5 rings (SSSR count). The van der Waals surface area contributed by atoms with E-state index in [1.54, 1.807) is 12.1 Å². The normalized spacial score (nSPS) is 38.6. The summed E-state index contributed by atoms with van der Waals surface area (Å²) in [7, 11) is 0. The van der Waals surface area contributed by atoms with Crippen molar-refractivity contribution in [1.82, 2.24) is 10.3 Å². The summed E-state index contributed by atoms with van der Waals surface area (Å²) >= 11 is 6.14. The largest absolute Gasteiger partial charge is 0.481 e. The van der Waals surface area contributed by atoms with Crippen LogP contribution in [-0.2, 0) is 4.79 Å². The van der Waals surface area contributed by atoms with E-state index in [1.165, 1.54) is 0 Å². The minimum atomic E-state index is -0.657. The number of hydrogen-bond acceptors (Lipinski definition) is 3. The standard InChI is InChI=1S/C19H23ClN2O3/c1-9-3-4-13(16(20)21-9)17(23)22-15-12-5-11-6-14(15)10(2)19(7-11,8-12)18(24)25/h3-4,10-12,14-15H,5-8H2,1-2H3,(H,22,23)(H,24,25)/t10?,11?,12?,14?,15-,19+/m0/s1. The van der Waals surface area contributed by atoms with Gasteiger partial charge >= 0.3 is 5.97 Å². The summed E-state index contributed by atoms with van der Waals surface area (Å²) in [5.74, 6) is 0.166. The number of amides is 1. The van der Waals surface area contributed by atoms with Gasteiger partial charge in [-0.1, -0.05) is 18.5 Å². The SMILES string of the molecule is Cc1ccc(C(=O)N[C@H]2C3CC4CC2C(C)[C@@](C(=O)O)(C4)C3)c(Cl)n1. The zero-order valence-electron chi connectivity index (χ0n) is 14.5. The molecule has 4 bridgehead atoms. The molecule has 134 valence electrons. The maximum atomic E-state index is 12.7. The molecule has 0 aliphatic heterocycles. The predicted octanol–water partition coefficient (Wildman–Crippen LogP) is 3.30. The molecule has 0 saturated heterocycles. The number of rotatable bonds is 3. The van der Waals surface area contributed by atoms with E-state index >= 15 is 0 Å². The molecule has 4 aliphatic rings. The van der Waals surface area contributed by atoms with Crippen molar-refractivity contribution < 1.29 is 14.7 Å². The maximum Gasteiger partial charge on any atom is 0.309 e. The summed E-state index contributed by atoms with van der Waals surface area (Å²) in [6.07, 6.45) is 3.49. The Kier molecular flexibility index (Phi) is 3.83. The molecule has 0 radical (unpaired) electrons. The number of pyridine rings is 1. The second-order valence-electron chi connectivity index (χ2n) is 8.21.